The number of rotatable bonds is 1. The van der Waals surface area contributed by atoms with Crippen molar-refractivity contribution in [1.82, 2.24) is 0 Å². The molecule has 1 aromatic rings. The van der Waals surface area contributed by atoms with Gasteiger partial charge in [-0.25, -0.2) is 0 Å². The van der Waals surface area contributed by atoms with Gasteiger partial charge in [0, 0.05) is 0 Å². The van der Waals surface area contributed by atoms with Gasteiger partial charge in [-0.15, -0.1) is 13.2 Å². The van der Waals surface area contributed by atoms with Gasteiger partial charge in [0.05, 0.1) is 10.6 Å². The molecular formula is C8H2Cl2F3NO. The van der Waals surface area contributed by atoms with E-state index >= 15 is 0 Å². The Balaban J connectivity index is 3.18. The molecular weight excluding hydrogens is 254 g/mol. The normalized spacial score (nSPS) is 10.9. The van der Waals surface area contributed by atoms with Gasteiger partial charge in [0.25, 0.3) is 0 Å². The van der Waals surface area contributed by atoms with Gasteiger partial charge in [0.2, 0.25) is 0 Å². The van der Waals surface area contributed by atoms with Crippen molar-refractivity contribution in [2.45, 2.75) is 6.36 Å². The highest BCUT2D eigenvalue weighted by Crippen LogP contribution is 2.35. The van der Waals surface area contributed by atoms with E-state index in [4.69, 9.17) is 28.5 Å². The summed E-state index contributed by atoms with van der Waals surface area (Å²) in [6, 6.07) is 3.63. The van der Waals surface area contributed by atoms with Crippen LogP contribution in [0.4, 0.5) is 13.2 Å². The lowest BCUT2D eigenvalue weighted by molar-refractivity contribution is -0.274. The first-order chi connectivity index (χ1) is 6.85. The summed E-state index contributed by atoms with van der Waals surface area (Å²) < 4.78 is 39.2. The minimum Gasteiger partial charge on any atom is -0.404 e. The highest BCUT2D eigenvalue weighted by Gasteiger charge is 2.32. The Morgan fingerprint density at radius 1 is 1.27 bits per heavy atom. The molecule has 0 heterocycles. The van der Waals surface area contributed by atoms with Crippen molar-refractivity contribution in [2.24, 2.45) is 0 Å². The van der Waals surface area contributed by atoms with Gasteiger partial charge in [-0.3, -0.25) is 0 Å². The van der Waals surface area contributed by atoms with Crippen LogP contribution >= 0.6 is 23.2 Å². The van der Waals surface area contributed by atoms with Gasteiger partial charge in [-0.2, -0.15) is 5.26 Å². The third kappa shape index (κ3) is 2.91. The van der Waals surface area contributed by atoms with Crippen molar-refractivity contribution < 1.29 is 17.9 Å². The molecule has 0 saturated heterocycles. The van der Waals surface area contributed by atoms with E-state index in [0.717, 1.165) is 12.1 Å². The summed E-state index contributed by atoms with van der Waals surface area (Å²) in [4.78, 5) is 0. The number of nitrogens with zero attached hydrogens (tertiary/aromatic N) is 1. The molecule has 0 bridgehead atoms. The zero-order valence-electron chi connectivity index (χ0n) is 6.90. The first-order valence-corrected chi connectivity index (χ1v) is 4.24. The molecule has 0 radical (unpaired) electrons. The first-order valence-electron chi connectivity index (χ1n) is 3.49. The monoisotopic (exact) mass is 255 g/mol. The van der Waals surface area contributed by atoms with E-state index in [1.54, 1.807) is 6.07 Å². The summed E-state index contributed by atoms with van der Waals surface area (Å²) in [5.41, 5.74) is -0.250. The lowest BCUT2D eigenvalue weighted by Crippen LogP contribution is -2.17. The number of hydrogen-bond donors (Lipinski definition) is 0. The number of halogens is 5. The smallest absolute Gasteiger partial charge is 0.404 e. The molecule has 0 aliphatic rings. The molecule has 0 fully saturated rings. The third-order valence-electron chi connectivity index (χ3n) is 1.39. The van der Waals surface area contributed by atoms with Gasteiger partial charge in [-0.1, -0.05) is 23.2 Å². The maximum atomic E-state index is 11.9. The number of hydrogen-bond acceptors (Lipinski definition) is 2. The summed E-state index contributed by atoms with van der Waals surface area (Å²) in [5, 5.41) is 8.08. The number of nitriles is 1. The topological polar surface area (TPSA) is 33.0 Å². The second-order valence-electron chi connectivity index (χ2n) is 2.39. The van der Waals surface area contributed by atoms with Crippen LogP contribution < -0.4 is 4.74 Å². The van der Waals surface area contributed by atoms with Crippen LogP contribution in [-0.2, 0) is 0 Å². The van der Waals surface area contributed by atoms with E-state index in [1.165, 1.54) is 0 Å². The molecule has 0 spiro atoms. The predicted octanol–water partition coefficient (Wildman–Crippen LogP) is 3.76. The van der Waals surface area contributed by atoms with Crippen molar-refractivity contribution in [3.05, 3.63) is 27.7 Å². The molecule has 0 N–H and O–H groups in total. The number of alkyl halides is 3. The Kier molecular flexibility index (Phi) is 3.32. The van der Waals surface area contributed by atoms with Crippen molar-refractivity contribution in [2.75, 3.05) is 0 Å². The highest BCUT2D eigenvalue weighted by molar-refractivity contribution is 6.37. The molecule has 15 heavy (non-hydrogen) atoms. The average Bonchev–Trinajstić information content (AvgIpc) is 2.09. The third-order valence-corrected chi connectivity index (χ3v) is 2.08. The van der Waals surface area contributed by atoms with Crippen LogP contribution in [0.2, 0.25) is 10.0 Å². The highest BCUT2D eigenvalue weighted by atomic mass is 35.5. The van der Waals surface area contributed by atoms with E-state index in [9.17, 15) is 13.2 Å². The predicted molar refractivity (Wildman–Crippen MR) is 47.9 cm³/mol. The number of ether oxygens (including phenoxy) is 1. The van der Waals surface area contributed by atoms with E-state index in [2.05, 4.69) is 4.74 Å². The quantitative estimate of drug-likeness (QED) is 0.766. The van der Waals surface area contributed by atoms with Gasteiger partial charge in [0.15, 0.2) is 0 Å². The van der Waals surface area contributed by atoms with Gasteiger partial charge in [0.1, 0.15) is 16.8 Å². The van der Waals surface area contributed by atoms with Crippen molar-refractivity contribution in [3.63, 3.8) is 0 Å². The fraction of sp³-hybridized carbons (Fsp3) is 0.125. The standard InChI is InChI=1S/C8H2Cl2F3NO/c9-5-1-2-6(15-8(11,12)13)7(10)4(5)3-14/h1-2H. The molecule has 0 aliphatic heterocycles. The molecule has 0 saturated carbocycles. The SMILES string of the molecule is N#Cc1c(Cl)ccc(OC(F)(F)F)c1Cl. The van der Waals surface area contributed by atoms with Crippen molar-refractivity contribution in [1.29, 1.82) is 5.26 Å². The maximum absolute atomic E-state index is 11.9. The van der Waals surface area contributed by atoms with E-state index in [1.807, 2.05) is 0 Å². The molecule has 0 atom stereocenters. The lowest BCUT2D eigenvalue weighted by atomic mass is 10.2. The fourth-order valence-electron chi connectivity index (χ4n) is 0.839. The molecule has 0 aromatic heterocycles. The molecule has 0 unspecified atom stereocenters. The summed E-state index contributed by atoms with van der Waals surface area (Å²) in [6.07, 6.45) is -4.86. The minimum absolute atomic E-state index is 0.0305. The summed E-state index contributed by atoms with van der Waals surface area (Å²) >= 11 is 11.0. The molecule has 1 aromatic carbocycles. The first kappa shape index (κ1) is 12.0. The summed E-state index contributed by atoms with van der Waals surface area (Å²) in [5.74, 6) is -0.648. The Bertz CT molecular complexity index is 425. The van der Waals surface area contributed by atoms with Crippen LogP contribution in [0.1, 0.15) is 5.56 Å². The average molecular weight is 256 g/mol. The zero-order valence-corrected chi connectivity index (χ0v) is 8.41. The minimum atomic E-state index is -4.86. The van der Waals surface area contributed by atoms with E-state index in [0.29, 0.717) is 0 Å². The number of benzene rings is 1. The molecule has 7 heteroatoms. The molecule has 1 rings (SSSR count). The molecule has 80 valence electrons. The van der Waals surface area contributed by atoms with Crippen molar-refractivity contribution in [3.8, 4) is 11.8 Å². The second kappa shape index (κ2) is 4.17. The summed E-state index contributed by atoms with van der Waals surface area (Å²) in [7, 11) is 0. The molecule has 2 nitrogen and oxygen atoms in total. The lowest BCUT2D eigenvalue weighted by Gasteiger charge is -2.11. The van der Waals surface area contributed by atoms with E-state index in [-0.39, 0.29) is 10.6 Å². The fourth-order valence-corrected chi connectivity index (χ4v) is 1.33. The molecule has 0 amide bonds. The van der Waals surface area contributed by atoms with Crippen LogP contribution in [0, 0.1) is 11.3 Å². The second-order valence-corrected chi connectivity index (χ2v) is 3.18. The summed E-state index contributed by atoms with van der Waals surface area (Å²) in [6.45, 7) is 0. The van der Waals surface area contributed by atoms with Crippen LogP contribution in [0.15, 0.2) is 12.1 Å². The Morgan fingerprint density at radius 3 is 2.33 bits per heavy atom. The Labute approximate surface area is 92.8 Å². The largest absolute Gasteiger partial charge is 0.573 e. The van der Waals surface area contributed by atoms with E-state index < -0.39 is 17.1 Å². The Morgan fingerprint density at radius 2 is 1.87 bits per heavy atom. The van der Waals surface area contributed by atoms with Crippen molar-refractivity contribution >= 4 is 23.2 Å². The molecule has 0 aliphatic carbocycles. The van der Waals surface area contributed by atoms with Crippen LogP contribution in [0.5, 0.6) is 5.75 Å². The van der Waals surface area contributed by atoms with Gasteiger partial charge >= 0.3 is 6.36 Å². The van der Waals surface area contributed by atoms with Crippen LogP contribution in [0.3, 0.4) is 0 Å². The van der Waals surface area contributed by atoms with Gasteiger partial charge < -0.3 is 4.74 Å². The Hall–Kier alpha value is -1.12. The maximum Gasteiger partial charge on any atom is 0.573 e. The van der Waals surface area contributed by atoms with Gasteiger partial charge in [-0.05, 0) is 12.1 Å². The van der Waals surface area contributed by atoms with Crippen LogP contribution in [0.25, 0.3) is 0 Å². The zero-order chi connectivity index (χ0) is 11.6. The van der Waals surface area contributed by atoms with Crippen LogP contribution in [-0.4, -0.2) is 6.36 Å².